The molecule has 1 aliphatic carbocycles. The fourth-order valence-electron chi connectivity index (χ4n) is 4.18. The molecular formula is C17H19N3O2. The first-order valence-corrected chi connectivity index (χ1v) is 7.82. The summed E-state index contributed by atoms with van der Waals surface area (Å²) < 4.78 is 0. The number of para-hydroxylation sites is 2. The van der Waals surface area contributed by atoms with Crippen molar-refractivity contribution in [2.24, 2.45) is 11.3 Å². The smallest absolute Gasteiger partial charge is 0.311 e. The van der Waals surface area contributed by atoms with Gasteiger partial charge in [-0.2, -0.15) is 0 Å². The van der Waals surface area contributed by atoms with E-state index < -0.39 is 11.4 Å². The highest BCUT2D eigenvalue weighted by Crippen LogP contribution is 2.49. The van der Waals surface area contributed by atoms with Crippen LogP contribution >= 0.6 is 0 Å². The van der Waals surface area contributed by atoms with Gasteiger partial charge in [-0.15, -0.1) is 0 Å². The second kappa shape index (κ2) is 4.66. The van der Waals surface area contributed by atoms with Crippen molar-refractivity contribution in [3.63, 3.8) is 0 Å². The summed E-state index contributed by atoms with van der Waals surface area (Å²) in [5.74, 6) is 0.426. The lowest BCUT2D eigenvalue weighted by Crippen LogP contribution is -2.36. The number of benzene rings is 1. The van der Waals surface area contributed by atoms with Gasteiger partial charge in [0.2, 0.25) is 0 Å². The average molecular weight is 297 g/mol. The van der Waals surface area contributed by atoms with Crippen LogP contribution in [0.1, 0.15) is 25.0 Å². The van der Waals surface area contributed by atoms with Crippen molar-refractivity contribution in [2.45, 2.75) is 26.2 Å². The Labute approximate surface area is 129 Å². The van der Waals surface area contributed by atoms with Gasteiger partial charge in [0.05, 0.1) is 22.1 Å². The molecule has 5 heteroatoms. The highest BCUT2D eigenvalue weighted by atomic mass is 16.4. The molecule has 2 aromatic rings. The summed E-state index contributed by atoms with van der Waals surface area (Å²) in [5, 5.41) is 9.72. The molecule has 1 N–H and O–H groups in total. The minimum Gasteiger partial charge on any atom is -0.481 e. The number of aliphatic carboxylic acids is 1. The number of nitrogens with zero attached hydrogens (tertiary/aromatic N) is 3. The Kier molecular flexibility index (Phi) is 2.86. The van der Waals surface area contributed by atoms with E-state index in [9.17, 15) is 9.90 Å². The molecule has 1 aromatic carbocycles. The molecule has 2 heterocycles. The van der Waals surface area contributed by atoms with Gasteiger partial charge in [0.25, 0.3) is 0 Å². The van der Waals surface area contributed by atoms with Crippen LogP contribution in [0.4, 0.5) is 5.82 Å². The number of carboxylic acid groups (broad SMARTS) is 1. The van der Waals surface area contributed by atoms with E-state index in [1.54, 1.807) is 0 Å². The lowest BCUT2D eigenvalue weighted by molar-refractivity contribution is -0.149. The Balaban J connectivity index is 1.74. The third-order valence-electron chi connectivity index (χ3n) is 5.32. The number of aryl methyl sites for hydroxylation is 1. The molecule has 0 bridgehead atoms. The number of hydrogen-bond acceptors (Lipinski definition) is 4. The maximum absolute atomic E-state index is 11.8. The summed E-state index contributed by atoms with van der Waals surface area (Å²) in [5.41, 5.74) is 2.04. The number of hydrogen-bond donors (Lipinski definition) is 1. The first-order valence-electron chi connectivity index (χ1n) is 7.82. The topological polar surface area (TPSA) is 66.3 Å². The van der Waals surface area contributed by atoms with E-state index in [1.807, 2.05) is 31.2 Å². The zero-order valence-electron chi connectivity index (χ0n) is 12.6. The van der Waals surface area contributed by atoms with Crippen LogP contribution in [-0.4, -0.2) is 34.1 Å². The number of fused-ring (bicyclic) bond motifs is 2. The van der Waals surface area contributed by atoms with E-state index in [4.69, 9.17) is 4.98 Å². The Morgan fingerprint density at radius 2 is 2.05 bits per heavy atom. The van der Waals surface area contributed by atoms with Crippen LogP contribution in [0.15, 0.2) is 24.3 Å². The van der Waals surface area contributed by atoms with Crippen molar-refractivity contribution in [1.82, 2.24) is 9.97 Å². The predicted octanol–water partition coefficient (Wildman–Crippen LogP) is 2.63. The van der Waals surface area contributed by atoms with Gasteiger partial charge < -0.3 is 10.0 Å². The highest BCUT2D eigenvalue weighted by molar-refractivity contribution is 5.79. The van der Waals surface area contributed by atoms with Crippen molar-refractivity contribution in [2.75, 3.05) is 18.0 Å². The Morgan fingerprint density at radius 1 is 1.32 bits per heavy atom. The van der Waals surface area contributed by atoms with Gasteiger partial charge in [-0.1, -0.05) is 18.6 Å². The second-order valence-electron chi connectivity index (χ2n) is 6.55. The van der Waals surface area contributed by atoms with Crippen LogP contribution in [0.5, 0.6) is 0 Å². The molecule has 4 rings (SSSR count). The first kappa shape index (κ1) is 13.5. The lowest BCUT2D eigenvalue weighted by Gasteiger charge is -2.24. The van der Waals surface area contributed by atoms with Crippen LogP contribution in [0.25, 0.3) is 11.0 Å². The maximum atomic E-state index is 11.8. The third-order valence-corrected chi connectivity index (χ3v) is 5.32. The molecule has 0 unspecified atom stereocenters. The highest BCUT2D eigenvalue weighted by Gasteiger charge is 2.55. The first-order chi connectivity index (χ1) is 10.6. The molecule has 1 saturated heterocycles. The van der Waals surface area contributed by atoms with E-state index in [1.165, 1.54) is 0 Å². The Morgan fingerprint density at radius 3 is 2.73 bits per heavy atom. The van der Waals surface area contributed by atoms with Crippen LogP contribution in [0.2, 0.25) is 0 Å². The molecule has 114 valence electrons. The third kappa shape index (κ3) is 1.81. The summed E-state index contributed by atoms with van der Waals surface area (Å²) >= 11 is 0. The van der Waals surface area contributed by atoms with Gasteiger partial charge in [-0.25, -0.2) is 9.97 Å². The number of anilines is 1. The summed E-state index contributed by atoms with van der Waals surface area (Å²) in [6.07, 6.45) is 2.81. The SMILES string of the molecule is Cc1nc2ccccc2nc1N1C[C@@H]2CCC[C@@]2(C(=O)O)C1. The molecule has 1 aliphatic heterocycles. The van der Waals surface area contributed by atoms with Gasteiger partial charge in [0.15, 0.2) is 5.82 Å². The van der Waals surface area contributed by atoms with Crippen molar-refractivity contribution in [1.29, 1.82) is 0 Å². The molecule has 1 aromatic heterocycles. The predicted molar refractivity (Wildman–Crippen MR) is 83.9 cm³/mol. The summed E-state index contributed by atoms with van der Waals surface area (Å²) in [6.45, 7) is 3.29. The summed E-state index contributed by atoms with van der Waals surface area (Å²) in [4.78, 5) is 23.3. The monoisotopic (exact) mass is 297 g/mol. The minimum atomic E-state index is -0.649. The molecule has 0 radical (unpaired) electrons. The fourth-order valence-corrected chi connectivity index (χ4v) is 4.18. The van der Waals surface area contributed by atoms with Gasteiger partial charge in [0.1, 0.15) is 0 Å². The Bertz CT molecular complexity index is 761. The molecule has 5 nitrogen and oxygen atoms in total. The van der Waals surface area contributed by atoms with E-state index in [-0.39, 0.29) is 5.92 Å². The summed E-state index contributed by atoms with van der Waals surface area (Å²) in [7, 11) is 0. The Hall–Kier alpha value is -2.17. The molecule has 2 fully saturated rings. The van der Waals surface area contributed by atoms with Gasteiger partial charge in [0, 0.05) is 13.1 Å². The molecule has 0 amide bonds. The van der Waals surface area contributed by atoms with E-state index in [0.29, 0.717) is 6.54 Å². The summed E-state index contributed by atoms with van der Waals surface area (Å²) in [6, 6.07) is 7.81. The van der Waals surface area contributed by atoms with E-state index >= 15 is 0 Å². The average Bonchev–Trinajstić information content (AvgIpc) is 3.04. The van der Waals surface area contributed by atoms with Crippen molar-refractivity contribution in [3.8, 4) is 0 Å². The van der Waals surface area contributed by atoms with Crippen molar-refractivity contribution >= 4 is 22.8 Å². The van der Waals surface area contributed by atoms with Crippen LogP contribution in [-0.2, 0) is 4.79 Å². The van der Waals surface area contributed by atoms with Crippen molar-refractivity contribution in [3.05, 3.63) is 30.0 Å². The van der Waals surface area contributed by atoms with E-state index in [2.05, 4.69) is 9.88 Å². The molecule has 0 spiro atoms. The van der Waals surface area contributed by atoms with Gasteiger partial charge >= 0.3 is 5.97 Å². The second-order valence-corrected chi connectivity index (χ2v) is 6.55. The number of carboxylic acids is 1. The lowest BCUT2D eigenvalue weighted by atomic mass is 9.81. The minimum absolute atomic E-state index is 0.234. The maximum Gasteiger partial charge on any atom is 0.311 e. The molecule has 1 saturated carbocycles. The van der Waals surface area contributed by atoms with E-state index in [0.717, 1.165) is 48.4 Å². The van der Waals surface area contributed by atoms with Crippen LogP contribution < -0.4 is 4.90 Å². The van der Waals surface area contributed by atoms with Gasteiger partial charge in [-0.3, -0.25) is 4.79 Å². The number of carbonyl (C=O) groups is 1. The molecular weight excluding hydrogens is 278 g/mol. The quantitative estimate of drug-likeness (QED) is 0.923. The molecule has 2 aliphatic rings. The van der Waals surface area contributed by atoms with Crippen LogP contribution in [0.3, 0.4) is 0 Å². The molecule has 22 heavy (non-hydrogen) atoms. The number of rotatable bonds is 2. The standard InChI is InChI=1S/C17H19N3O2/c1-11-15(19-14-7-3-2-6-13(14)18-11)20-9-12-5-4-8-17(12,10-20)16(21)22/h2-3,6-7,12H,4-5,8-10H2,1H3,(H,21,22)/t12-,17+/m0/s1. The molecule has 2 atom stereocenters. The fraction of sp³-hybridized carbons (Fsp3) is 0.471. The zero-order chi connectivity index (χ0) is 15.3. The normalized spacial score (nSPS) is 27.3. The largest absolute Gasteiger partial charge is 0.481 e. The zero-order valence-corrected chi connectivity index (χ0v) is 12.6. The van der Waals surface area contributed by atoms with Crippen molar-refractivity contribution < 1.29 is 9.90 Å². The number of aromatic nitrogens is 2. The van der Waals surface area contributed by atoms with Crippen LogP contribution in [0, 0.1) is 18.3 Å². The van der Waals surface area contributed by atoms with Gasteiger partial charge in [-0.05, 0) is 37.8 Å².